The van der Waals surface area contributed by atoms with Crippen LogP contribution in [-0.4, -0.2) is 39.3 Å². The van der Waals surface area contributed by atoms with E-state index in [0.717, 1.165) is 30.5 Å². The molecule has 0 spiro atoms. The minimum absolute atomic E-state index is 0.0819. The van der Waals surface area contributed by atoms with Gasteiger partial charge in [0, 0.05) is 11.6 Å². The molecule has 0 bridgehead atoms. The van der Waals surface area contributed by atoms with Crippen molar-refractivity contribution in [2.45, 2.75) is 38.6 Å². The highest BCUT2D eigenvalue weighted by atomic mass is 16.5. The van der Waals surface area contributed by atoms with Crippen LogP contribution in [0.15, 0.2) is 60.7 Å². The highest BCUT2D eigenvalue weighted by Crippen LogP contribution is 2.24. The molecule has 3 aromatic rings. The topological polar surface area (TPSA) is 86.1 Å². The number of hydrogen-bond acceptors (Lipinski definition) is 5. The van der Waals surface area contributed by atoms with Crippen LogP contribution in [0.4, 0.5) is 0 Å². The van der Waals surface area contributed by atoms with Crippen molar-refractivity contribution in [2.24, 2.45) is 5.92 Å². The Morgan fingerprint density at radius 2 is 1.71 bits per heavy atom. The molecule has 7 nitrogen and oxygen atoms in total. The number of aromatic nitrogens is 3. The van der Waals surface area contributed by atoms with E-state index >= 15 is 0 Å². The molecule has 1 heterocycles. The third-order valence-electron chi connectivity index (χ3n) is 5.61. The average molecular weight is 418 g/mol. The Bertz CT molecular complexity index is 976. The predicted molar refractivity (Wildman–Crippen MR) is 117 cm³/mol. The molecule has 4 rings (SSSR count). The normalized spacial score (nSPS) is 18.4. The lowest BCUT2D eigenvalue weighted by Gasteiger charge is -2.29. The van der Waals surface area contributed by atoms with Crippen LogP contribution >= 0.6 is 0 Å². The lowest BCUT2D eigenvalue weighted by Crippen LogP contribution is -2.42. The summed E-state index contributed by atoms with van der Waals surface area (Å²) in [6, 6.07) is 19.1. The van der Waals surface area contributed by atoms with Gasteiger partial charge >= 0.3 is 5.97 Å². The van der Waals surface area contributed by atoms with E-state index in [9.17, 15) is 9.59 Å². The van der Waals surface area contributed by atoms with Crippen LogP contribution in [0, 0.1) is 5.92 Å². The quantitative estimate of drug-likeness (QED) is 0.616. The van der Waals surface area contributed by atoms with Gasteiger partial charge in [-0.25, -0.2) is 14.5 Å². The molecular weight excluding hydrogens is 392 g/mol. The van der Waals surface area contributed by atoms with Crippen molar-refractivity contribution in [3.8, 4) is 17.1 Å². The van der Waals surface area contributed by atoms with Gasteiger partial charge in [0.15, 0.2) is 12.4 Å². The molecule has 1 amide bonds. The summed E-state index contributed by atoms with van der Waals surface area (Å²) in [6.45, 7) is 1.80. The number of nitrogens with one attached hydrogen (secondary N) is 1. The Hall–Kier alpha value is -3.48. The molecule has 0 aliphatic heterocycles. The number of hydrogen-bond donors (Lipinski definition) is 1. The smallest absolute Gasteiger partial charge is 0.378 e. The highest BCUT2D eigenvalue weighted by molar-refractivity contribution is 5.88. The fraction of sp³-hybridized carbons (Fsp3) is 0.333. The second-order valence-electron chi connectivity index (χ2n) is 7.88. The number of carbonyl (C=O) groups is 2. The lowest BCUT2D eigenvalue weighted by atomic mass is 9.86. The van der Waals surface area contributed by atoms with Crippen LogP contribution in [-0.2, 0) is 9.53 Å². The Kier molecular flexibility index (Phi) is 6.40. The molecule has 160 valence electrons. The van der Waals surface area contributed by atoms with Crippen LogP contribution in [0.5, 0.6) is 0 Å². The maximum Gasteiger partial charge on any atom is 0.378 e. The first-order valence-electron chi connectivity index (χ1n) is 10.7. The molecule has 2 aromatic carbocycles. The second kappa shape index (κ2) is 9.55. The number of esters is 1. The minimum atomic E-state index is -0.723. The zero-order valence-corrected chi connectivity index (χ0v) is 17.5. The standard InChI is InChI=1S/C24H26N4O3/c1-17-10-8-9-15-20(17)25-21(29)16-31-24(30)22-26-23(18-11-4-2-5-12-18)28(27-22)19-13-6-3-7-14-19/h2-7,11-14,17,20H,8-10,15-16H2,1H3,(H,25,29)/t17-,20+/m1/s1. The summed E-state index contributed by atoms with van der Waals surface area (Å²) >= 11 is 0. The molecular formula is C24H26N4O3. The van der Waals surface area contributed by atoms with Crippen molar-refractivity contribution in [3.05, 3.63) is 66.5 Å². The number of amides is 1. The SMILES string of the molecule is C[C@@H]1CCCC[C@@H]1NC(=O)COC(=O)c1nc(-c2ccccc2)n(-c2ccccc2)n1. The number of ether oxygens (including phenoxy) is 1. The zero-order chi connectivity index (χ0) is 21.6. The first-order chi connectivity index (χ1) is 15.1. The first-order valence-corrected chi connectivity index (χ1v) is 10.7. The Balaban J connectivity index is 1.48. The molecule has 1 aliphatic carbocycles. The fourth-order valence-corrected chi connectivity index (χ4v) is 3.90. The van der Waals surface area contributed by atoms with Crippen LogP contribution in [0.3, 0.4) is 0 Å². The minimum Gasteiger partial charge on any atom is -0.450 e. The second-order valence-corrected chi connectivity index (χ2v) is 7.88. The molecule has 1 aliphatic rings. The van der Waals surface area contributed by atoms with Crippen LogP contribution in [0.1, 0.15) is 43.2 Å². The van der Waals surface area contributed by atoms with E-state index in [-0.39, 0.29) is 24.4 Å². The van der Waals surface area contributed by atoms with E-state index in [1.165, 1.54) is 6.42 Å². The summed E-state index contributed by atoms with van der Waals surface area (Å²) < 4.78 is 6.82. The van der Waals surface area contributed by atoms with Gasteiger partial charge in [-0.15, -0.1) is 5.10 Å². The summed E-state index contributed by atoms with van der Waals surface area (Å²) in [5.41, 5.74) is 1.60. The van der Waals surface area contributed by atoms with Crippen molar-refractivity contribution in [1.29, 1.82) is 0 Å². The maximum absolute atomic E-state index is 12.6. The van der Waals surface area contributed by atoms with E-state index in [0.29, 0.717) is 11.7 Å². The van der Waals surface area contributed by atoms with Gasteiger partial charge in [-0.3, -0.25) is 4.79 Å². The van der Waals surface area contributed by atoms with E-state index in [4.69, 9.17) is 4.74 Å². The highest BCUT2D eigenvalue weighted by Gasteiger charge is 2.24. The number of nitrogens with zero attached hydrogens (tertiary/aromatic N) is 3. The van der Waals surface area contributed by atoms with Gasteiger partial charge in [0.25, 0.3) is 11.7 Å². The fourth-order valence-electron chi connectivity index (χ4n) is 3.90. The molecule has 1 aromatic heterocycles. The van der Waals surface area contributed by atoms with Crippen LogP contribution in [0.2, 0.25) is 0 Å². The van der Waals surface area contributed by atoms with Gasteiger partial charge in [0.05, 0.1) is 5.69 Å². The van der Waals surface area contributed by atoms with Gasteiger partial charge in [-0.1, -0.05) is 68.3 Å². The van der Waals surface area contributed by atoms with Crippen molar-refractivity contribution in [1.82, 2.24) is 20.1 Å². The van der Waals surface area contributed by atoms with Gasteiger partial charge in [-0.05, 0) is 30.9 Å². The third-order valence-corrected chi connectivity index (χ3v) is 5.61. The van der Waals surface area contributed by atoms with Crippen molar-refractivity contribution >= 4 is 11.9 Å². The first kappa shape index (κ1) is 20.8. The van der Waals surface area contributed by atoms with Gasteiger partial charge in [0.1, 0.15) is 0 Å². The molecule has 7 heteroatoms. The number of para-hydroxylation sites is 1. The van der Waals surface area contributed by atoms with E-state index in [1.807, 2.05) is 60.7 Å². The van der Waals surface area contributed by atoms with E-state index in [1.54, 1.807) is 4.68 Å². The Morgan fingerprint density at radius 1 is 1.03 bits per heavy atom. The third kappa shape index (κ3) is 4.99. The lowest BCUT2D eigenvalue weighted by molar-refractivity contribution is -0.125. The summed E-state index contributed by atoms with van der Waals surface area (Å²) in [7, 11) is 0. The predicted octanol–water partition coefficient (Wildman–Crippen LogP) is 3.79. The molecule has 0 saturated heterocycles. The molecule has 1 fully saturated rings. The molecule has 31 heavy (non-hydrogen) atoms. The zero-order valence-electron chi connectivity index (χ0n) is 17.5. The average Bonchev–Trinajstić information content (AvgIpc) is 3.26. The Morgan fingerprint density at radius 3 is 2.42 bits per heavy atom. The van der Waals surface area contributed by atoms with Crippen molar-refractivity contribution in [3.63, 3.8) is 0 Å². The van der Waals surface area contributed by atoms with Crippen LogP contribution < -0.4 is 5.32 Å². The van der Waals surface area contributed by atoms with E-state index in [2.05, 4.69) is 22.3 Å². The summed E-state index contributed by atoms with van der Waals surface area (Å²) in [5, 5.41) is 7.34. The number of benzene rings is 2. The summed E-state index contributed by atoms with van der Waals surface area (Å²) in [4.78, 5) is 29.3. The monoisotopic (exact) mass is 418 g/mol. The summed E-state index contributed by atoms with van der Waals surface area (Å²) in [5.74, 6) is -0.137. The molecule has 2 atom stereocenters. The maximum atomic E-state index is 12.6. The van der Waals surface area contributed by atoms with Crippen molar-refractivity contribution < 1.29 is 14.3 Å². The van der Waals surface area contributed by atoms with Gasteiger partial charge in [-0.2, -0.15) is 0 Å². The van der Waals surface area contributed by atoms with E-state index < -0.39 is 5.97 Å². The van der Waals surface area contributed by atoms with Crippen molar-refractivity contribution in [2.75, 3.05) is 6.61 Å². The van der Waals surface area contributed by atoms with Gasteiger partial charge in [0.2, 0.25) is 0 Å². The van der Waals surface area contributed by atoms with Crippen LogP contribution in [0.25, 0.3) is 17.1 Å². The van der Waals surface area contributed by atoms with Gasteiger partial charge < -0.3 is 10.1 Å². The summed E-state index contributed by atoms with van der Waals surface area (Å²) in [6.07, 6.45) is 4.37. The molecule has 0 unspecified atom stereocenters. The molecule has 1 N–H and O–H groups in total. The largest absolute Gasteiger partial charge is 0.450 e. The Labute approximate surface area is 181 Å². The molecule has 0 radical (unpaired) electrons. The number of rotatable bonds is 6. The molecule has 1 saturated carbocycles. The number of carbonyl (C=O) groups excluding carboxylic acids is 2.